The maximum atomic E-state index is 13.0. The summed E-state index contributed by atoms with van der Waals surface area (Å²) in [6.45, 7) is 3.96. The van der Waals surface area contributed by atoms with E-state index in [1.807, 2.05) is 0 Å². The van der Waals surface area contributed by atoms with E-state index in [9.17, 15) is 4.39 Å². The molecule has 16 heavy (non-hydrogen) atoms. The van der Waals surface area contributed by atoms with Crippen molar-refractivity contribution in [2.75, 3.05) is 13.1 Å². The quantitative estimate of drug-likeness (QED) is 0.800. The van der Waals surface area contributed by atoms with E-state index in [4.69, 9.17) is 4.42 Å². The van der Waals surface area contributed by atoms with E-state index < -0.39 is 0 Å². The molecule has 84 valence electrons. The summed E-state index contributed by atoms with van der Waals surface area (Å²) < 4.78 is 18.7. The summed E-state index contributed by atoms with van der Waals surface area (Å²) in [4.78, 5) is 4.38. The molecule has 1 aromatic heterocycles. The molecule has 0 amide bonds. The first kappa shape index (κ1) is 9.78. The fourth-order valence-corrected chi connectivity index (χ4v) is 2.16. The Morgan fingerprint density at radius 1 is 1.50 bits per heavy atom. The SMILES string of the molecule is CC1(c2nc3cc(F)ccc3o2)CCNC1. The molecule has 1 saturated heterocycles. The second-order valence-corrected chi connectivity index (χ2v) is 4.62. The van der Waals surface area contributed by atoms with E-state index in [1.165, 1.54) is 12.1 Å². The molecule has 0 bridgehead atoms. The molecular formula is C12H13FN2O. The molecule has 0 radical (unpaired) electrons. The molecule has 2 aromatic rings. The van der Waals surface area contributed by atoms with Crippen LogP contribution in [-0.4, -0.2) is 18.1 Å². The van der Waals surface area contributed by atoms with Crippen molar-refractivity contribution in [3.8, 4) is 0 Å². The molecule has 3 rings (SSSR count). The Bertz CT molecular complexity index is 529. The highest BCUT2D eigenvalue weighted by Crippen LogP contribution is 2.31. The number of rotatable bonds is 1. The van der Waals surface area contributed by atoms with Gasteiger partial charge in [-0.2, -0.15) is 0 Å². The number of nitrogens with one attached hydrogen (secondary N) is 1. The Morgan fingerprint density at radius 3 is 3.12 bits per heavy atom. The van der Waals surface area contributed by atoms with Crippen molar-refractivity contribution in [2.45, 2.75) is 18.8 Å². The summed E-state index contributed by atoms with van der Waals surface area (Å²) in [5, 5.41) is 3.29. The lowest BCUT2D eigenvalue weighted by Crippen LogP contribution is -2.25. The molecule has 2 heterocycles. The molecule has 0 aliphatic carbocycles. The Kier molecular flexibility index (Phi) is 2.01. The largest absolute Gasteiger partial charge is 0.440 e. The Hall–Kier alpha value is -1.42. The van der Waals surface area contributed by atoms with Crippen molar-refractivity contribution in [2.24, 2.45) is 0 Å². The van der Waals surface area contributed by atoms with E-state index in [-0.39, 0.29) is 11.2 Å². The summed E-state index contributed by atoms with van der Waals surface area (Å²) in [6, 6.07) is 4.44. The minimum absolute atomic E-state index is 0.0600. The van der Waals surface area contributed by atoms with Crippen LogP contribution in [0.5, 0.6) is 0 Å². The van der Waals surface area contributed by atoms with Gasteiger partial charge in [0.1, 0.15) is 11.3 Å². The average molecular weight is 220 g/mol. The first-order valence-electron chi connectivity index (χ1n) is 5.45. The van der Waals surface area contributed by atoms with Crippen molar-refractivity contribution < 1.29 is 8.81 Å². The molecule has 1 aromatic carbocycles. The summed E-state index contributed by atoms with van der Waals surface area (Å²) in [7, 11) is 0. The van der Waals surface area contributed by atoms with Crippen LogP contribution in [-0.2, 0) is 5.41 Å². The molecule has 0 saturated carbocycles. The van der Waals surface area contributed by atoms with Crippen molar-refractivity contribution in [3.05, 3.63) is 29.9 Å². The number of fused-ring (bicyclic) bond motifs is 1. The number of aromatic nitrogens is 1. The summed E-state index contributed by atoms with van der Waals surface area (Å²) >= 11 is 0. The van der Waals surface area contributed by atoms with Gasteiger partial charge < -0.3 is 9.73 Å². The van der Waals surface area contributed by atoms with E-state index in [2.05, 4.69) is 17.2 Å². The van der Waals surface area contributed by atoms with E-state index >= 15 is 0 Å². The molecule has 1 aliphatic heterocycles. The third kappa shape index (κ3) is 1.41. The predicted molar refractivity (Wildman–Crippen MR) is 58.8 cm³/mol. The van der Waals surface area contributed by atoms with E-state index in [0.29, 0.717) is 17.0 Å². The van der Waals surface area contributed by atoms with Crippen LogP contribution in [0.15, 0.2) is 22.6 Å². The fourth-order valence-electron chi connectivity index (χ4n) is 2.16. The highest BCUT2D eigenvalue weighted by Gasteiger charge is 2.35. The first-order valence-corrected chi connectivity index (χ1v) is 5.45. The number of benzene rings is 1. The smallest absolute Gasteiger partial charge is 0.202 e. The van der Waals surface area contributed by atoms with Crippen molar-refractivity contribution in [3.63, 3.8) is 0 Å². The van der Waals surface area contributed by atoms with Gasteiger partial charge in [-0.1, -0.05) is 0 Å². The molecular weight excluding hydrogens is 207 g/mol. The highest BCUT2D eigenvalue weighted by molar-refractivity contribution is 5.72. The van der Waals surface area contributed by atoms with Gasteiger partial charge >= 0.3 is 0 Å². The lowest BCUT2D eigenvalue weighted by Gasteiger charge is -2.16. The van der Waals surface area contributed by atoms with Crippen LogP contribution in [0.2, 0.25) is 0 Å². The number of oxazole rings is 1. The van der Waals surface area contributed by atoms with Crippen LogP contribution >= 0.6 is 0 Å². The van der Waals surface area contributed by atoms with Gasteiger partial charge in [-0.05, 0) is 32.0 Å². The molecule has 1 aliphatic rings. The highest BCUT2D eigenvalue weighted by atomic mass is 19.1. The van der Waals surface area contributed by atoms with Crippen molar-refractivity contribution >= 4 is 11.1 Å². The third-order valence-corrected chi connectivity index (χ3v) is 3.23. The summed E-state index contributed by atoms with van der Waals surface area (Å²) in [5.74, 6) is 0.431. The van der Waals surface area contributed by atoms with Gasteiger partial charge in [0.05, 0.1) is 5.41 Å². The number of hydrogen-bond acceptors (Lipinski definition) is 3. The molecule has 1 atom stereocenters. The van der Waals surface area contributed by atoms with Gasteiger partial charge in [-0.3, -0.25) is 0 Å². The third-order valence-electron chi connectivity index (χ3n) is 3.23. The lowest BCUT2D eigenvalue weighted by atomic mass is 9.90. The monoisotopic (exact) mass is 220 g/mol. The topological polar surface area (TPSA) is 38.1 Å². The van der Waals surface area contributed by atoms with Gasteiger partial charge in [0.25, 0.3) is 0 Å². The Morgan fingerprint density at radius 2 is 2.38 bits per heavy atom. The number of hydrogen-bond donors (Lipinski definition) is 1. The van der Waals surface area contributed by atoms with E-state index in [1.54, 1.807) is 6.07 Å². The predicted octanol–water partition coefficient (Wildman–Crippen LogP) is 2.22. The van der Waals surface area contributed by atoms with Crippen LogP contribution in [0.1, 0.15) is 19.2 Å². The molecule has 4 heteroatoms. The molecule has 0 spiro atoms. The van der Waals surface area contributed by atoms with Gasteiger partial charge in [0.2, 0.25) is 5.89 Å². The average Bonchev–Trinajstić information content (AvgIpc) is 2.84. The van der Waals surface area contributed by atoms with Crippen LogP contribution < -0.4 is 5.32 Å². The fraction of sp³-hybridized carbons (Fsp3) is 0.417. The lowest BCUT2D eigenvalue weighted by molar-refractivity contribution is 0.382. The van der Waals surface area contributed by atoms with Crippen LogP contribution in [0.25, 0.3) is 11.1 Å². The van der Waals surface area contributed by atoms with Crippen molar-refractivity contribution in [1.82, 2.24) is 10.3 Å². The van der Waals surface area contributed by atoms with Crippen molar-refractivity contribution in [1.29, 1.82) is 0 Å². The minimum atomic E-state index is -0.276. The van der Waals surface area contributed by atoms with Crippen LogP contribution in [0, 0.1) is 5.82 Å². The van der Waals surface area contributed by atoms with Gasteiger partial charge in [0.15, 0.2) is 5.58 Å². The first-order chi connectivity index (χ1) is 7.67. The molecule has 1 N–H and O–H groups in total. The van der Waals surface area contributed by atoms with Crippen LogP contribution in [0.4, 0.5) is 4.39 Å². The molecule has 1 unspecified atom stereocenters. The maximum Gasteiger partial charge on any atom is 0.202 e. The summed E-state index contributed by atoms with van der Waals surface area (Å²) in [6.07, 6.45) is 1.00. The number of halogens is 1. The van der Waals surface area contributed by atoms with Crippen LogP contribution in [0.3, 0.4) is 0 Å². The summed E-state index contributed by atoms with van der Waals surface area (Å²) in [5.41, 5.74) is 1.20. The Labute approximate surface area is 92.7 Å². The zero-order valence-corrected chi connectivity index (χ0v) is 9.09. The molecule has 3 nitrogen and oxygen atoms in total. The second kappa shape index (κ2) is 3.28. The van der Waals surface area contributed by atoms with Gasteiger partial charge in [0, 0.05) is 12.6 Å². The second-order valence-electron chi connectivity index (χ2n) is 4.62. The van der Waals surface area contributed by atoms with Gasteiger partial charge in [-0.25, -0.2) is 9.37 Å². The Balaban J connectivity index is 2.11. The zero-order chi connectivity index (χ0) is 11.2. The van der Waals surface area contributed by atoms with Gasteiger partial charge in [-0.15, -0.1) is 0 Å². The zero-order valence-electron chi connectivity index (χ0n) is 9.09. The number of nitrogens with zero attached hydrogens (tertiary/aromatic N) is 1. The maximum absolute atomic E-state index is 13.0. The minimum Gasteiger partial charge on any atom is -0.440 e. The molecule has 1 fully saturated rings. The standard InChI is InChI=1S/C12H13FN2O/c1-12(4-5-14-7-12)11-15-9-6-8(13)2-3-10(9)16-11/h2-3,6,14H,4-5,7H2,1H3. The normalized spacial score (nSPS) is 25.4. The van der Waals surface area contributed by atoms with E-state index in [0.717, 1.165) is 19.5 Å².